The molecular weight excluding hydrogens is 659 g/mol. The van der Waals surface area contributed by atoms with Crippen molar-refractivity contribution < 1.29 is 119 Å². The van der Waals surface area contributed by atoms with Crippen molar-refractivity contribution in [2.75, 3.05) is 0 Å². The Hall–Kier alpha value is -2.10. The van der Waals surface area contributed by atoms with E-state index < -0.39 is 75.8 Å². The Balaban J connectivity index is 6.51. The maximum Gasteiger partial charge on any atom is 0.475 e. The van der Waals surface area contributed by atoms with Crippen LogP contribution in [0.3, 0.4) is 0 Å². The van der Waals surface area contributed by atoms with Gasteiger partial charge in [-0.1, -0.05) is 0 Å². The van der Waals surface area contributed by atoms with Gasteiger partial charge in [0.25, 0.3) is 0 Å². The fraction of sp³-hybridized carbons (Fsp3) is 0.818. The zero-order valence-electron chi connectivity index (χ0n) is 16.3. The van der Waals surface area contributed by atoms with Crippen LogP contribution in [0.5, 0.6) is 0 Å². The van der Waals surface area contributed by atoms with Crippen LogP contribution in [0.1, 0.15) is 0 Å². The van der Waals surface area contributed by atoms with Crippen LogP contribution >= 0.6 is 0 Å². The van der Waals surface area contributed by atoms with Crippen molar-refractivity contribution in [1.29, 1.82) is 0 Å². The van der Waals surface area contributed by atoms with Crippen LogP contribution in [0.2, 0.25) is 0 Å². The van der Waals surface area contributed by atoms with Gasteiger partial charge in [0.15, 0.2) is 0 Å². The highest BCUT2D eigenvalue weighted by molar-refractivity contribution is 7.87. The van der Waals surface area contributed by atoms with Crippen molar-refractivity contribution in [3.8, 4) is 0 Å². The predicted octanol–water partition coefficient (Wildman–Crippen LogP) is 6.42. The molecule has 0 aliphatic heterocycles. The zero-order chi connectivity index (χ0) is 32.3. The van der Waals surface area contributed by atoms with Gasteiger partial charge in [0.2, 0.25) is 0 Å². The molecule has 0 aromatic heterocycles. The number of halogens is 21. The molecule has 0 heterocycles. The van der Waals surface area contributed by atoms with Gasteiger partial charge in [0, 0.05) is 0 Å². The second-order valence-electron chi connectivity index (χ2n) is 6.14. The van der Waals surface area contributed by atoms with E-state index in [2.05, 4.69) is 0 Å². The molecule has 6 nitrogen and oxygen atoms in total. The summed E-state index contributed by atoms with van der Waals surface area (Å²) in [4.78, 5) is 0. The van der Waals surface area contributed by atoms with Gasteiger partial charge < -0.3 is 4.74 Å². The minimum absolute atomic E-state index is 1.04. The average Bonchev–Trinajstić information content (AvgIpc) is 2.63. The zero-order valence-corrected chi connectivity index (χ0v) is 17.2. The van der Waals surface area contributed by atoms with Crippen LogP contribution in [0, 0.1) is 0 Å². The maximum atomic E-state index is 13.3. The van der Waals surface area contributed by atoms with E-state index >= 15 is 0 Å². The normalized spacial score (nSPS) is 15.8. The molecule has 0 rings (SSSR count). The van der Waals surface area contributed by atoms with Crippen molar-refractivity contribution in [3.63, 3.8) is 0 Å². The second kappa shape index (κ2) is 9.77. The average molecular weight is 660 g/mol. The van der Waals surface area contributed by atoms with E-state index in [-0.39, 0.29) is 0 Å². The molecule has 0 saturated carbocycles. The number of ether oxygens (including phenoxy) is 3. The van der Waals surface area contributed by atoms with E-state index in [0.29, 0.717) is 0 Å². The lowest BCUT2D eigenvalue weighted by Gasteiger charge is -2.38. The van der Waals surface area contributed by atoms with Gasteiger partial charge >= 0.3 is 75.8 Å². The summed E-state index contributed by atoms with van der Waals surface area (Å²) in [5.41, 5.74) is 0. The van der Waals surface area contributed by atoms with Crippen LogP contribution in [-0.2, 0) is 24.3 Å². The predicted molar refractivity (Wildman–Crippen MR) is 69.7 cm³/mol. The summed E-state index contributed by atoms with van der Waals surface area (Å²) in [6.07, 6.45) is -44.6. The molecule has 0 aromatic carbocycles. The second-order valence-corrected chi connectivity index (χ2v) is 7.60. The van der Waals surface area contributed by atoms with Crippen molar-refractivity contribution in [2.24, 2.45) is 0 Å². The van der Waals surface area contributed by atoms with Crippen LogP contribution in [0.4, 0.5) is 92.2 Å². The van der Waals surface area contributed by atoms with Gasteiger partial charge in [-0.3, -0.25) is 4.55 Å². The summed E-state index contributed by atoms with van der Waals surface area (Å²) in [5, 5.41) is -7.68. The summed E-state index contributed by atoms with van der Waals surface area (Å²) in [7, 11) is -7.82. The first-order chi connectivity index (χ1) is 16.5. The summed E-state index contributed by atoms with van der Waals surface area (Å²) >= 11 is 0. The molecule has 0 aliphatic carbocycles. The number of hydrogen-bond acceptors (Lipinski definition) is 5. The first-order valence-electron chi connectivity index (χ1n) is 7.66. The third-order valence-electron chi connectivity index (χ3n) is 3.40. The summed E-state index contributed by atoms with van der Waals surface area (Å²) in [6.45, 7) is 0. The number of alkyl halides is 18. The lowest BCUT2D eigenvalue weighted by molar-refractivity contribution is -0.547. The van der Waals surface area contributed by atoms with Gasteiger partial charge in [-0.05, 0) is 0 Å². The number of rotatable bonds is 13. The van der Waals surface area contributed by atoms with Crippen molar-refractivity contribution in [1.82, 2.24) is 0 Å². The maximum absolute atomic E-state index is 13.3. The number of hydrogen-bond donors (Lipinski definition) is 1. The smallest absolute Gasteiger partial charge is 0.397 e. The van der Waals surface area contributed by atoms with Crippen LogP contribution in [0.15, 0.2) is 12.1 Å². The van der Waals surface area contributed by atoms with Crippen molar-refractivity contribution in [2.45, 2.75) is 53.6 Å². The summed E-state index contributed by atoms with van der Waals surface area (Å²) < 4.78 is 303. The van der Waals surface area contributed by atoms with E-state index in [1.165, 1.54) is 0 Å². The Labute approximate surface area is 196 Å². The molecule has 234 valence electrons. The SMILES string of the molecule is O=S(=O)(O)C(F)(F)C(F)(F)C(F)(F)OC(F)(F)C(F)(F)C(F)(F)OC(F)(F)C(F)(F)C(F)(F)OC(F)=C(F)F. The third-order valence-corrected chi connectivity index (χ3v) is 4.30. The lowest BCUT2D eigenvalue weighted by atomic mass is 10.2. The molecular formula is C11HF21O6S. The molecule has 0 amide bonds. The van der Waals surface area contributed by atoms with Gasteiger partial charge in [0.1, 0.15) is 0 Å². The molecule has 0 unspecified atom stereocenters. The van der Waals surface area contributed by atoms with E-state index in [1.54, 1.807) is 4.74 Å². The molecule has 28 heteroatoms. The first kappa shape index (κ1) is 36.9. The first-order valence-corrected chi connectivity index (χ1v) is 9.10. The topological polar surface area (TPSA) is 82.1 Å². The van der Waals surface area contributed by atoms with E-state index in [4.69, 9.17) is 4.55 Å². The highest BCUT2D eigenvalue weighted by Gasteiger charge is 2.86. The minimum atomic E-state index is -8.53. The van der Waals surface area contributed by atoms with E-state index in [9.17, 15) is 101 Å². The van der Waals surface area contributed by atoms with Gasteiger partial charge in [-0.15, -0.1) is 0 Å². The standard InChI is InChI=1S/C11HF21O6S/c12-1(13)2(14)36-6(21,22)3(15,16)7(23,24)37-8(25,26)4(17,18)9(27,28)38-10(29,30)5(19,20)11(31,32)39(33,34)35/h(H,33,34,35). The van der Waals surface area contributed by atoms with Crippen LogP contribution < -0.4 is 0 Å². The van der Waals surface area contributed by atoms with Crippen molar-refractivity contribution in [3.05, 3.63) is 12.1 Å². The third kappa shape index (κ3) is 6.15. The molecule has 39 heavy (non-hydrogen) atoms. The van der Waals surface area contributed by atoms with Gasteiger partial charge in [-0.25, -0.2) is 9.47 Å². The molecule has 0 bridgehead atoms. The molecule has 0 aliphatic rings. The lowest BCUT2D eigenvalue weighted by Crippen LogP contribution is -2.66. The van der Waals surface area contributed by atoms with E-state index in [1.807, 2.05) is 0 Å². The van der Waals surface area contributed by atoms with Crippen LogP contribution in [0.25, 0.3) is 0 Å². The molecule has 0 saturated heterocycles. The molecule has 1 N–H and O–H groups in total. The summed E-state index contributed by atoms with van der Waals surface area (Å²) in [6, 6.07) is -4.16. The Morgan fingerprint density at radius 1 is 0.487 bits per heavy atom. The summed E-state index contributed by atoms with van der Waals surface area (Å²) in [5.74, 6) is -24.7. The Morgan fingerprint density at radius 2 is 0.744 bits per heavy atom. The molecule has 0 radical (unpaired) electrons. The highest BCUT2D eigenvalue weighted by atomic mass is 32.2. The largest absolute Gasteiger partial charge is 0.475 e. The quantitative estimate of drug-likeness (QED) is 0.140. The van der Waals surface area contributed by atoms with Crippen LogP contribution in [-0.4, -0.2) is 66.5 Å². The van der Waals surface area contributed by atoms with E-state index in [0.717, 1.165) is 9.47 Å². The van der Waals surface area contributed by atoms with Gasteiger partial charge in [0.05, 0.1) is 0 Å². The fourth-order valence-corrected chi connectivity index (χ4v) is 1.91. The molecule has 0 atom stereocenters. The molecule has 0 aromatic rings. The monoisotopic (exact) mass is 660 g/mol. The Morgan fingerprint density at radius 3 is 1.00 bits per heavy atom. The molecule has 0 spiro atoms. The highest BCUT2D eigenvalue weighted by Crippen LogP contribution is 2.57. The van der Waals surface area contributed by atoms with Crippen molar-refractivity contribution >= 4 is 10.1 Å². The fourth-order valence-electron chi connectivity index (χ4n) is 1.46. The Kier molecular flexibility index (Phi) is 9.24. The van der Waals surface area contributed by atoms with Gasteiger partial charge in [-0.2, -0.15) is 101 Å². The molecule has 0 fully saturated rings. The Bertz CT molecular complexity index is 1040. The minimum Gasteiger partial charge on any atom is -0.397 e.